The van der Waals surface area contributed by atoms with Crippen molar-refractivity contribution in [2.24, 2.45) is 0 Å². The average molecular weight is 293 g/mol. The van der Waals surface area contributed by atoms with Crippen molar-refractivity contribution in [2.45, 2.75) is 13.1 Å². The maximum absolute atomic E-state index is 9.14. The number of nitriles is 1. The molecule has 4 nitrogen and oxygen atoms in total. The summed E-state index contributed by atoms with van der Waals surface area (Å²) in [4.78, 5) is 9.58. The summed E-state index contributed by atoms with van der Waals surface area (Å²) < 4.78 is 0. The van der Waals surface area contributed by atoms with Crippen LogP contribution in [-0.4, -0.2) is 14.9 Å². The van der Waals surface area contributed by atoms with E-state index in [1.54, 1.807) is 29.4 Å². The molecule has 6 heteroatoms. The SMILES string of the molecule is N#CN(Cc1ccc(Cl)nc1)Cc1ccc(Cl)nc1. The lowest BCUT2D eigenvalue weighted by molar-refractivity contribution is 0.377. The summed E-state index contributed by atoms with van der Waals surface area (Å²) in [6.45, 7) is 0.951. The molecule has 0 bridgehead atoms. The van der Waals surface area contributed by atoms with Crippen LogP contribution in [0.2, 0.25) is 10.3 Å². The second-order valence-electron chi connectivity index (χ2n) is 3.93. The molecule has 0 aliphatic heterocycles. The molecular formula is C13H10Cl2N4. The number of hydrogen-bond acceptors (Lipinski definition) is 4. The van der Waals surface area contributed by atoms with E-state index in [0.29, 0.717) is 23.4 Å². The van der Waals surface area contributed by atoms with E-state index in [2.05, 4.69) is 16.2 Å². The van der Waals surface area contributed by atoms with E-state index in [-0.39, 0.29) is 0 Å². The standard InChI is InChI=1S/C13H10Cl2N4/c14-12-3-1-10(5-17-12)7-19(9-16)8-11-2-4-13(15)18-6-11/h1-6H,7-8H2. The van der Waals surface area contributed by atoms with Gasteiger partial charge in [-0.25, -0.2) is 9.97 Å². The molecule has 0 radical (unpaired) electrons. The summed E-state index contributed by atoms with van der Waals surface area (Å²) in [6, 6.07) is 7.10. The van der Waals surface area contributed by atoms with Gasteiger partial charge in [0.15, 0.2) is 6.19 Å². The Bertz CT molecular complexity index is 528. The van der Waals surface area contributed by atoms with Crippen molar-refractivity contribution in [2.75, 3.05) is 0 Å². The Morgan fingerprint density at radius 1 is 0.947 bits per heavy atom. The molecule has 0 saturated heterocycles. The maximum atomic E-state index is 9.14. The van der Waals surface area contributed by atoms with Gasteiger partial charge in [0.25, 0.3) is 0 Å². The minimum atomic E-state index is 0.439. The van der Waals surface area contributed by atoms with Gasteiger partial charge in [0, 0.05) is 12.4 Å². The molecule has 2 aromatic heterocycles. The van der Waals surface area contributed by atoms with E-state index in [0.717, 1.165) is 11.1 Å². The predicted octanol–water partition coefficient (Wildman–Crippen LogP) is 3.27. The van der Waals surface area contributed by atoms with Crippen molar-refractivity contribution in [1.29, 1.82) is 5.26 Å². The van der Waals surface area contributed by atoms with Crippen LogP contribution in [0.25, 0.3) is 0 Å². The van der Waals surface area contributed by atoms with Gasteiger partial charge in [-0.3, -0.25) is 0 Å². The van der Waals surface area contributed by atoms with Gasteiger partial charge in [-0.1, -0.05) is 35.3 Å². The fourth-order valence-corrected chi connectivity index (χ4v) is 1.79. The third-order valence-corrected chi connectivity index (χ3v) is 2.91. The molecule has 2 rings (SSSR count). The van der Waals surface area contributed by atoms with Crippen molar-refractivity contribution >= 4 is 23.2 Å². The lowest BCUT2D eigenvalue weighted by Crippen LogP contribution is -2.16. The first-order chi connectivity index (χ1) is 9.17. The normalized spacial score (nSPS) is 9.95. The highest BCUT2D eigenvalue weighted by Crippen LogP contribution is 2.11. The molecule has 0 aliphatic carbocycles. The van der Waals surface area contributed by atoms with Crippen LogP contribution in [0.4, 0.5) is 0 Å². The Morgan fingerprint density at radius 2 is 1.42 bits per heavy atom. The quantitative estimate of drug-likeness (QED) is 0.493. The van der Waals surface area contributed by atoms with Gasteiger partial charge in [-0.05, 0) is 23.3 Å². The van der Waals surface area contributed by atoms with Crippen LogP contribution in [0.15, 0.2) is 36.7 Å². The van der Waals surface area contributed by atoms with E-state index >= 15 is 0 Å². The number of nitrogens with zero attached hydrogens (tertiary/aromatic N) is 4. The summed E-state index contributed by atoms with van der Waals surface area (Å²) in [5, 5.41) is 10.0. The molecule has 0 unspecified atom stereocenters. The van der Waals surface area contributed by atoms with E-state index < -0.39 is 0 Å². The van der Waals surface area contributed by atoms with E-state index in [9.17, 15) is 0 Å². The Kier molecular flexibility index (Phi) is 4.56. The molecule has 0 saturated carbocycles. The molecule has 0 spiro atoms. The van der Waals surface area contributed by atoms with Gasteiger partial charge in [-0.2, -0.15) is 5.26 Å². The molecule has 0 aromatic carbocycles. The number of rotatable bonds is 4. The highest BCUT2D eigenvalue weighted by atomic mass is 35.5. The molecule has 0 amide bonds. The largest absolute Gasteiger partial charge is 0.302 e. The zero-order valence-corrected chi connectivity index (χ0v) is 11.4. The lowest BCUT2D eigenvalue weighted by Gasteiger charge is -2.15. The second-order valence-corrected chi connectivity index (χ2v) is 4.71. The number of hydrogen-bond donors (Lipinski definition) is 0. The molecule has 2 heterocycles. The number of halogens is 2. The smallest absolute Gasteiger partial charge is 0.179 e. The van der Waals surface area contributed by atoms with Crippen molar-refractivity contribution < 1.29 is 0 Å². The highest BCUT2D eigenvalue weighted by Gasteiger charge is 2.05. The molecule has 0 fully saturated rings. The van der Waals surface area contributed by atoms with Crippen LogP contribution < -0.4 is 0 Å². The van der Waals surface area contributed by atoms with Gasteiger partial charge in [-0.15, -0.1) is 0 Å². The van der Waals surface area contributed by atoms with E-state index in [1.807, 2.05) is 12.1 Å². The molecule has 0 aliphatic rings. The molecular weight excluding hydrogens is 283 g/mol. The van der Waals surface area contributed by atoms with E-state index in [4.69, 9.17) is 28.5 Å². The minimum absolute atomic E-state index is 0.439. The Hall–Kier alpha value is -1.83. The summed E-state index contributed by atoms with van der Waals surface area (Å²) >= 11 is 11.4. The van der Waals surface area contributed by atoms with Crippen LogP contribution in [-0.2, 0) is 13.1 Å². The van der Waals surface area contributed by atoms with Gasteiger partial charge in [0.1, 0.15) is 10.3 Å². The topological polar surface area (TPSA) is 52.8 Å². The fourth-order valence-electron chi connectivity index (χ4n) is 1.57. The molecule has 0 atom stereocenters. The van der Waals surface area contributed by atoms with Crippen LogP contribution in [0.5, 0.6) is 0 Å². The average Bonchev–Trinajstić information content (AvgIpc) is 2.43. The first-order valence-electron chi connectivity index (χ1n) is 5.53. The van der Waals surface area contributed by atoms with Gasteiger partial charge >= 0.3 is 0 Å². The van der Waals surface area contributed by atoms with Crippen LogP contribution in [0.3, 0.4) is 0 Å². The Labute approximate surface area is 121 Å². The molecule has 96 valence electrons. The van der Waals surface area contributed by atoms with Crippen LogP contribution in [0, 0.1) is 11.5 Å². The van der Waals surface area contributed by atoms with Crippen LogP contribution in [0.1, 0.15) is 11.1 Å². The van der Waals surface area contributed by atoms with E-state index in [1.165, 1.54) is 0 Å². The van der Waals surface area contributed by atoms with Gasteiger partial charge in [0.05, 0.1) is 13.1 Å². The van der Waals surface area contributed by atoms with Crippen molar-refractivity contribution in [3.63, 3.8) is 0 Å². The lowest BCUT2D eigenvalue weighted by atomic mass is 10.2. The third-order valence-electron chi connectivity index (χ3n) is 2.47. The zero-order valence-electron chi connectivity index (χ0n) is 9.92. The number of aromatic nitrogens is 2. The Balaban J connectivity index is 2.03. The number of pyridine rings is 2. The third kappa shape index (κ3) is 4.09. The molecule has 19 heavy (non-hydrogen) atoms. The predicted molar refractivity (Wildman–Crippen MR) is 73.4 cm³/mol. The van der Waals surface area contributed by atoms with Gasteiger partial charge < -0.3 is 4.90 Å². The zero-order chi connectivity index (χ0) is 13.7. The van der Waals surface area contributed by atoms with Crippen molar-refractivity contribution in [1.82, 2.24) is 14.9 Å². The first kappa shape index (κ1) is 13.6. The Morgan fingerprint density at radius 3 is 1.74 bits per heavy atom. The summed E-state index contributed by atoms with van der Waals surface area (Å²) in [7, 11) is 0. The van der Waals surface area contributed by atoms with Crippen molar-refractivity contribution in [3.05, 3.63) is 58.1 Å². The minimum Gasteiger partial charge on any atom is -0.302 e. The first-order valence-corrected chi connectivity index (χ1v) is 6.28. The summed E-state index contributed by atoms with van der Waals surface area (Å²) in [6.07, 6.45) is 5.46. The molecule has 0 N–H and O–H groups in total. The fraction of sp³-hybridized carbons (Fsp3) is 0.154. The maximum Gasteiger partial charge on any atom is 0.179 e. The molecule has 2 aromatic rings. The van der Waals surface area contributed by atoms with Crippen LogP contribution >= 0.6 is 23.2 Å². The monoisotopic (exact) mass is 292 g/mol. The van der Waals surface area contributed by atoms with Crippen molar-refractivity contribution in [3.8, 4) is 6.19 Å². The summed E-state index contributed by atoms with van der Waals surface area (Å²) in [5.41, 5.74) is 1.85. The second kappa shape index (κ2) is 6.37. The highest BCUT2D eigenvalue weighted by molar-refractivity contribution is 6.29. The van der Waals surface area contributed by atoms with Gasteiger partial charge in [0.2, 0.25) is 0 Å². The summed E-state index contributed by atoms with van der Waals surface area (Å²) in [5.74, 6) is 0.